The van der Waals surface area contributed by atoms with Gasteiger partial charge in [0.2, 0.25) is 0 Å². The van der Waals surface area contributed by atoms with Crippen molar-refractivity contribution in [1.29, 1.82) is 0 Å². The lowest BCUT2D eigenvalue weighted by atomic mass is 10.0. The first-order chi connectivity index (χ1) is 55.2. The molecule has 8 heterocycles. The molecule has 592 valence electrons. The number of hydrogen-bond acceptors (Lipinski definition) is 21. The highest BCUT2D eigenvalue weighted by Crippen LogP contribution is 2.36. The predicted molar refractivity (Wildman–Crippen MR) is 450 cm³/mol. The summed E-state index contributed by atoms with van der Waals surface area (Å²) >= 11 is 11.9. The topological polar surface area (TPSA) is 348 Å². The van der Waals surface area contributed by atoms with Gasteiger partial charge in [-0.05, 0) is 223 Å². The molecule has 0 atom stereocenters. The largest absolute Gasteiger partial charge is 0.491 e. The highest BCUT2D eigenvalue weighted by atomic mass is 32.2. The number of ether oxygens (including phenoxy) is 4. The molecule has 0 bridgehead atoms. The monoisotopic (exact) mass is 1660 g/mol. The van der Waals surface area contributed by atoms with Crippen LogP contribution < -0.4 is 25.7 Å². The zero-order valence-corrected chi connectivity index (χ0v) is 67.9. The molecular weight excluding hydrogens is 1580 g/mol. The molecule has 4 aliphatic rings. The van der Waals surface area contributed by atoms with Crippen LogP contribution in [0.2, 0.25) is 0 Å². The lowest BCUT2D eigenvalue weighted by Gasteiger charge is -2.20. The Hall–Kier alpha value is -11.8. The Kier molecular flexibility index (Phi) is 25.2. The Balaban J connectivity index is 0.000000136. The van der Waals surface area contributed by atoms with Crippen molar-refractivity contribution in [2.75, 3.05) is 89.2 Å². The molecule has 115 heavy (non-hydrogen) atoms. The molecule has 1 fully saturated rings. The number of aromatic nitrogens is 8. The van der Waals surface area contributed by atoms with Crippen LogP contribution in [0.5, 0.6) is 17.2 Å². The van der Waals surface area contributed by atoms with Crippen LogP contribution in [0, 0.1) is 4.77 Å². The van der Waals surface area contributed by atoms with E-state index >= 15 is 0 Å². The van der Waals surface area contributed by atoms with Crippen LogP contribution in [-0.4, -0.2) is 180 Å². The number of carbonyl (C=O) groups is 3. The van der Waals surface area contributed by atoms with Crippen LogP contribution in [0.4, 0.5) is 11.4 Å². The number of fused-ring (bicyclic) bond motifs is 5. The summed E-state index contributed by atoms with van der Waals surface area (Å²) in [6.45, 7) is 5.60. The number of anilines is 2. The number of nitrogen functional groups attached to an aromatic ring is 2. The van der Waals surface area contributed by atoms with E-state index in [0.29, 0.717) is 97.0 Å². The van der Waals surface area contributed by atoms with E-state index in [4.69, 9.17) is 54.9 Å². The summed E-state index contributed by atoms with van der Waals surface area (Å²) in [5, 5.41) is 1.52. The standard InChI is InChI=1S/C25H23N3O4S2.C24H21N3O4S2.C23H23N3O4S.C7H6N4S.C4H8O/c1-33-25-26-21-9-5-18(14-22(21)27-25)17-6-10-23-19(13-17)15-28(11-12-32-23)24(29)16-3-7-20(8-4-16)34(2,30)31;1-33(29,30)19-6-2-15(3-7-19)23(28)27-10-11-31-22-9-5-16(12-18(22)14-27)17-4-8-20-21(13-17)26-24(32)25-20;1-31(28,29)19-6-2-15(3-7-19)23(27)26-10-11-30-22-9-5-16(12-18(22)14-26)17-4-8-20(24)21(25)13-17;12-7(10-3-1-8-5-10)11-4-2-9-6-11;1-2-4-5-3-1/h3-10,13-14H,11-12,15H2,1-2H3,(H,26,27);2-9,12-13H,10-11,14H2,1H3,(H2,25,26,32);2-9,12-13H,10-11,14,24-25H2,1H3;1-6H;1-4H2. The van der Waals surface area contributed by atoms with E-state index < -0.39 is 29.5 Å². The second-order valence-electron chi connectivity index (χ2n) is 27.3. The molecule has 9 aromatic carbocycles. The molecule has 3 amide bonds. The van der Waals surface area contributed by atoms with Gasteiger partial charge in [0.1, 0.15) is 49.7 Å². The maximum atomic E-state index is 13.2. The lowest BCUT2D eigenvalue weighted by Crippen LogP contribution is -2.32. The van der Waals surface area contributed by atoms with Gasteiger partial charge in [0.15, 0.2) is 44.6 Å². The second kappa shape index (κ2) is 35.7. The number of carbonyl (C=O) groups excluding carboxylic acids is 3. The van der Waals surface area contributed by atoms with Crippen LogP contribution in [0.15, 0.2) is 239 Å². The van der Waals surface area contributed by atoms with Gasteiger partial charge in [-0.25, -0.2) is 40.2 Å². The van der Waals surface area contributed by atoms with E-state index in [1.807, 2.05) is 97.3 Å². The first kappa shape index (κ1) is 81.2. The zero-order chi connectivity index (χ0) is 81.1. The van der Waals surface area contributed by atoms with Gasteiger partial charge < -0.3 is 60.1 Å². The number of nitrogens with two attached hydrogens (primary N) is 2. The molecule has 1 saturated heterocycles. The number of thiocarbonyl (C=S) groups is 1. The molecule has 7 N–H and O–H groups in total. The summed E-state index contributed by atoms with van der Waals surface area (Å²) in [6.07, 6.45) is 18.2. The molecule has 4 aliphatic heterocycles. The maximum absolute atomic E-state index is 13.2. The molecule has 17 rings (SSSR count). The number of amides is 3. The third-order valence-electron chi connectivity index (χ3n) is 19.1. The van der Waals surface area contributed by atoms with Crippen molar-refractivity contribution >= 4 is 122 Å². The number of nitrogens with one attached hydrogen (secondary N) is 3. The average molecular weight is 1660 g/mol. The summed E-state index contributed by atoms with van der Waals surface area (Å²) in [4.78, 5) is 66.9. The van der Waals surface area contributed by atoms with Crippen molar-refractivity contribution in [3.05, 3.63) is 258 Å². The number of thioether (sulfide) groups is 1. The fourth-order valence-corrected chi connectivity index (χ4v) is 15.7. The smallest absolute Gasteiger partial charge is 0.254 e. The Morgan fingerprint density at radius 2 is 0.817 bits per heavy atom. The van der Waals surface area contributed by atoms with E-state index in [9.17, 15) is 39.6 Å². The number of imidazole rings is 4. The van der Waals surface area contributed by atoms with Crippen LogP contribution in [0.1, 0.15) is 60.6 Å². The van der Waals surface area contributed by atoms with Gasteiger partial charge >= 0.3 is 0 Å². The van der Waals surface area contributed by atoms with Crippen molar-refractivity contribution in [1.82, 2.24) is 53.7 Å². The molecule has 32 heteroatoms. The zero-order valence-electron chi connectivity index (χ0n) is 63.0. The summed E-state index contributed by atoms with van der Waals surface area (Å²) in [6, 6.07) is 53.5. The summed E-state index contributed by atoms with van der Waals surface area (Å²) in [5.41, 5.74) is 26.6. The summed E-state index contributed by atoms with van der Waals surface area (Å²) < 4.78 is 96.8. The van der Waals surface area contributed by atoms with Crippen molar-refractivity contribution in [2.24, 2.45) is 0 Å². The van der Waals surface area contributed by atoms with Crippen LogP contribution >= 0.6 is 36.2 Å². The fourth-order valence-electron chi connectivity index (χ4n) is 12.9. The van der Waals surface area contributed by atoms with Gasteiger partial charge in [-0.3, -0.25) is 23.5 Å². The molecular formula is C83H81N13O13S6. The molecule has 0 saturated carbocycles. The number of rotatable bonds is 10. The Bertz CT molecular complexity index is 6110. The van der Waals surface area contributed by atoms with Crippen molar-refractivity contribution in [2.45, 2.75) is 52.3 Å². The lowest BCUT2D eigenvalue weighted by molar-refractivity contribution is 0.0726. The van der Waals surface area contributed by atoms with E-state index in [0.717, 1.165) is 127 Å². The first-order valence-corrected chi connectivity index (χ1v) is 44.0. The number of hydrogen-bond donors (Lipinski definition) is 5. The summed E-state index contributed by atoms with van der Waals surface area (Å²) in [7, 11) is -9.94. The molecule has 4 aromatic heterocycles. The molecule has 13 aromatic rings. The SMILES string of the molecule is C1CCOC1.CS(=O)(=O)c1ccc(C(=O)N2CCOc3ccc(-c4ccc(N)c(N)c4)cc3C2)cc1.CS(=O)(=O)c1ccc(C(=O)N2CCOc3ccc(-c4ccc5[nH]c(=S)[nH]c5c4)cc3C2)cc1.CSc1nc2ccc(-c3ccc4c(c3)CN(C(=O)c3ccc(S(C)(=O)=O)cc3)CCO4)cc2[nH]1.S=C(n1ccnc1)n1ccnc1. The highest BCUT2D eigenvalue weighted by molar-refractivity contribution is 7.98. The van der Waals surface area contributed by atoms with Crippen molar-refractivity contribution in [3.63, 3.8) is 0 Å². The Morgan fingerprint density at radius 1 is 0.443 bits per heavy atom. The van der Waals surface area contributed by atoms with Gasteiger partial charge in [0.05, 0.1) is 67.8 Å². The molecule has 0 radical (unpaired) electrons. The first-order valence-electron chi connectivity index (χ1n) is 36.3. The number of benzene rings is 9. The van der Waals surface area contributed by atoms with Gasteiger partial charge in [-0.1, -0.05) is 48.2 Å². The number of aromatic amines is 3. The van der Waals surface area contributed by atoms with Crippen LogP contribution in [0.3, 0.4) is 0 Å². The maximum Gasteiger partial charge on any atom is 0.254 e. The van der Waals surface area contributed by atoms with Gasteiger partial charge in [0, 0.05) is 110 Å². The molecule has 0 unspecified atom stereocenters. The fraction of sp³-hybridized carbons (Fsp3) is 0.205. The van der Waals surface area contributed by atoms with Crippen LogP contribution in [-0.2, 0) is 53.9 Å². The normalized spacial score (nSPS) is 13.9. The third-order valence-corrected chi connectivity index (χ3v) is 23.7. The second-order valence-corrected chi connectivity index (χ2v) is 34.9. The third kappa shape index (κ3) is 20.2. The molecule has 26 nitrogen and oxygen atoms in total. The Morgan fingerprint density at radius 3 is 1.19 bits per heavy atom. The average Bonchev–Trinajstić information content (AvgIpc) is 1.75. The minimum Gasteiger partial charge on any atom is -0.491 e. The molecule has 0 spiro atoms. The minimum atomic E-state index is -3.31. The van der Waals surface area contributed by atoms with Gasteiger partial charge in [-0.2, -0.15) is 0 Å². The van der Waals surface area contributed by atoms with E-state index in [2.05, 4.69) is 42.0 Å². The predicted octanol–water partition coefficient (Wildman–Crippen LogP) is 13.2. The number of nitrogens with zero attached hydrogens (tertiary/aromatic N) is 8. The molecule has 0 aliphatic carbocycles. The number of H-pyrrole nitrogens is 3. The van der Waals surface area contributed by atoms with E-state index in [-0.39, 0.29) is 32.4 Å². The van der Waals surface area contributed by atoms with Crippen LogP contribution in [0.25, 0.3) is 55.4 Å². The summed E-state index contributed by atoms with van der Waals surface area (Å²) in [5.74, 6) is 1.74. The quantitative estimate of drug-likeness (QED) is 0.0482. The van der Waals surface area contributed by atoms with E-state index in [1.165, 1.54) is 49.2 Å². The Labute approximate surface area is 679 Å². The highest BCUT2D eigenvalue weighted by Gasteiger charge is 2.27. The van der Waals surface area contributed by atoms with E-state index in [1.54, 1.807) is 116 Å². The minimum absolute atomic E-state index is 0.162. The van der Waals surface area contributed by atoms with Crippen molar-refractivity contribution < 1.29 is 58.6 Å². The van der Waals surface area contributed by atoms with Gasteiger partial charge in [0.25, 0.3) is 17.7 Å². The number of sulfone groups is 3. The van der Waals surface area contributed by atoms with Gasteiger partial charge in [-0.15, -0.1) is 0 Å². The van der Waals surface area contributed by atoms with Crippen molar-refractivity contribution in [3.8, 4) is 50.6 Å².